The molecule has 0 fully saturated rings. The molecule has 33 heavy (non-hydrogen) atoms. The van der Waals surface area contributed by atoms with E-state index in [0.717, 1.165) is 16.7 Å². The van der Waals surface area contributed by atoms with Crippen molar-refractivity contribution in [2.75, 3.05) is 13.7 Å². The van der Waals surface area contributed by atoms with Crippen LogP contribution in [0.5, 0.6) is 5.75 Å². The van der Waals surface area contributed by atoms with E-state index in [1.54, 1.807) is 32.4 Å². The molecule has 0 saturated carbocycles. The van der Waals surface area contributed by atoms with Gasteiger partial charge in [-0.3, -0.25) is 4.79 Å². The van der Waals surface area contributed by atoms with Crippen LogP contribution in [0.4, 0.5) is 0 Å². The van der Waals surface area contributed by atoms with Crippen LogP contribution in [0, 0.1) is 0 Å². The van der Waals surface area contributed by atoms with Crippen LogP contribution in [-0.2, 0) is 16.0 Å². The zero-order chi connectivity index (χ0) is 23.2. The van der Waals surface area contributed by atoms with Crippen molar-refractivity contribution < 1.29 is 19.1 Å². The number of esters is 1. The maximum Gasteiger partial charge on any atom is 0.340 e. The van der Waals surface area contributed by atoms with Gasteiger partial charge in [-0.1, -0.05) is 36.4 Å². The van der Waals surface area contributed by atoms with Crippen molar-refractivity contribution in [3.05, 3.63) is 83.8 Å². The minimum atomic E-state index is -0.437. The van der Waals surface area contributed by atoms with E-state index in [2.05, 4.69) is 15.0 Å². The van der Waals surface area contributed by atoms with E-state index >= 15 is 0 Å². The summed E-state index contributed by atoms with van der Waals surface area (Å²) in [5, 5.41) is 0.593. The molecule has 2 aromatic carbocycles. The van der Waals surface area contributed by atoms with Crippen molar-refractivity contribution in [1.29, 1.82) is 0 Å². The number of benzene rings is 2. The van der Waals surface area contributed by atoms with Crippen LogP contribution < -0.4 is 4.74 Å². The van der Waals surface area contributed by atoms with Crippen LogP contribution in [-0.4, -0.2) is 40.4 Å². The first-order chi connectivity index (χ1) is 16.1. The summed E-state index contributed by atoms with van der Waals surface area (Å²) in [4.78, 5) is 36.6. The highest BCUT2D eigenvalue weighted by molar-refractivity contribution is 6.08. The van der Waals surface area contributed by atoms with Gasteiger partial charge >= 0.3 is 5.97 Å². The molecule has 0 bridgehead atoms. The lowest BCUT2D eigenvalue weighted by molar-refractivity contribution is -0.113. The van der Waals surface area contributed by atoms with Crippen LogP contribution >= 0.6 is 0 Å². The molecule has 2 heterocycles. The van der Waals surface area contributed by atoms with Crippen LogP contribution in [0.25, 0.3) is 28.4 Å². The molecule has 1 N–H and O–H groups in total. The first-order valence-electron chi connectivity index (χ1n) is 10.5. The molecule has 0 saturated heterocycles. The molecule has 0 amide bonds. The van der Waals surface area contributed by atoms with Gasteiger partial charge in [0, 0.05) is 23.7 Å². The Balaban J connectivity index is 1.60. The molecular formula is C26H23N3O4. The first kappa shape index (κ1) is 22.0. The maximum absolute atomic E-state index is 12.6. The molecule has 0 unspecified atom stereocenters. The number of methoxy groups -OCH3 is 1. The molecule has 4 rings (SSSR count). The molecule has 0 atom stereocenters. The standard InChI is InChI=1S/C26H23N3O4/c1-3-33-26(31)21-15-27-25-23(21)24(28-16-29-25)19-9-6-7-17(13-19)14-20(30)12-11-18-8-4-5-10-22(18)32-2/h4-13,15-16H,3,14H2,1-2H3,(H,27,28,29)/b12-11-. The topological polar surface area (TPSA) is 94.2 Å². The number of para-hydroxylation sites is 1. The van der Waals surface area contributed by atoms with Crippen LogP contribution in [0.3, 0.4) is 0 Å². The predicted molar refractivity (Wildman–Crippen MR) is 126 cm³/mol. The van der Waals surface area contributed by atoms with Gasteiger partial charge in [0.15, 0.2) is 5.78 Å². The van der Waals surface area contributed by atoms with Gasteiger partial charge in [-0.2, -0.15) is 0 Å². The highest BCUT2D eigenvalue weighted by Crippen LogP contribution is 2.29. The van der Waals surface area contributed by atoms with E-state index in [9.17, 15) is 9.59 Å². The van der Waals surface area contributed by atoms with E-state index in [-0.39, 0.29) is 18.8 Å². The molecule has 7 heteroatoms. The summed E-state index contributed by atoms with van der Waals surface area (Å²) in [6.45, 7) is 2.03. The van der Waals surface area contributed by atoms with Crippen molar-refractivity contribution in [3.8, 4) is 17.0 Å². The fourth-order valence-corrected chi connectivity index (χ4v) is 3.63. The van der Waals surface area contributed by atoms with Gasteiger partial charge in [0.05, 0.1) is 30.4 Å². The van der Waals surface area contributed by atoms with Gasteiger partial charge in [-0.15, -0.1) is 0 Å². The van der Waals surface area contributed by atoms with Crippen LogP contribution in [0.1, 0.15) is 28.4 Å². The smallest absolute Gasteiger partial charge is 0.340 e. The van der Waals surface area contributed by atoms with Gasteiger partial charge in [-0.05, 0) is 36.8 Å². The van der Waals surface area contributed by atoms with Crippen LogP contribution in [0.2, 0.25) is 0 Å². The maximum atomic E-state index is 12.6. The Morgan fingerprint density at radius 3 is 2.76 bits per heavy atom. The lowest BCUT2D eigenvalue weighted by atomic mass is 10.0. The average molecular weight is 441 g/mol. The zero-order valence-electron chi connectivity index (χ0n) is 18.4. The van der Waals surface area contributed by atoms with Gasteiger partial charge in [-0.25, -0.2) is 14.8 Å². The Morgan fingerprint density at radius 1 is 1.09 bits per heavy atom. The minimum Gasteiger partial charge on any atom is -0.496 e. The first-order valence-corrected chi connectivity index (χ1v) is 10.5. The van der Waals surface area contributed by atoms with Crippen molar-refractivity contribution in [3.63, 3.8) is 0 Å². The van der Waals surface area contributed by atoms with Gasteiger partial charge < -0.3 is 14.5 Å². The summed E-state index contributed by atoms with van der Waals surface area (Å²) in [5.74, 6) is 0.229. The Kier molecular flexibility index (Phi) is 6.59. The largest absolute Gasteiger partial charge is 0.496 e. The van der Waals surface area contributed by atoms with E-state index in [4.69, 9.17) is 9.47 Å². The second-order valence-corrected chi connectivity index (χ2v) is 7.29. The highest BCUT2D eigenvalue weighted by atomic mass is 16.5. The van der Waals surface area contributed by atoms with Gasteiger partial charge in [0.2, 0.25) is 0 Å². The number of H-pyrrole nitrogens is 1. The monoisotopic (exact) mass is 441 g/mol. The number of fused-ring (bicyclic) bond motifs is 1. The van der Waals surface area contributed by atoms with Crippen molar-refractivity contribution in [2.24, 2.45) is 0 Å². The van der Waals surface area contributed by atoms with Crippen molar-refractivity contribution >= 4 is 28.9 Å². The summed E-state index contributed by atoms with van der Waals surface area (Å²) in [5.41, 5.74) is 3.98. The summed E-state index contributed by atoms with van der Waals surface area (Å²) < 4.78 is 10.5. The Hall–Kier alpha value is -4.26. The average Bonchev–Trinajstić information content (AvgIpc) is 3.28. The number of aromatic nitrogens is 3. The molecule has 0 aliphatic rings. The van der Waals surface area contributed by atoms with E-state index in [1.807, 2.05) is 48.5 Å². The van der Waals surface area contributed by atoms with E-state index in [0.29, 0.717) is 28.0 Å². The zero-order valence-corrected chi connectivity index (χ0v) is 18.4. The third-order valence-electron chi connectivity index (χ3n) is 5.13. The fourth-order valence-electron chi connectivity index (χ4n) is 3.63. The van der Waals surface area contributed by atoms with Crippen LogP contribution in [0.15, 0.2) is 67.1 Å². The summed E-state index contributed by atoms with van der Waals surface area (Å²) >= 11 is 0. The van der Waals surface area contributed by atoms with E-state index in [1.165, 1.54) is 6.33 Å². The molecular weight excluding hydrogens is 418 g/mol. The van der Waals surface area contributed by atoms with E-state index < -0.39 is 5.97 Å². The quantitative estimate of drug-likeness (QED) is 0.316. The summed E-state index contributed by atoms with van der Waals surface area (Å²) in [6, 6.07) is 15.1. The third kappa shape index (κ3) is 4.82. The molecule has 2 aromatic heterocycles. The number of carbonyl (C=O) groups excluding carboxylic acids is 2. The Bertz CT molecular complexity index is 1340. The number of aromatic amines is 1. The number of rotatable bonds is 8. The molecule has 4 aromatic rings. The molecule has 7 nitrogen and oxygen atoms in total. The molecule has 0 aliphatic carbocycles. The number of hydrogen-bond acceptors (Lipinski definition) is 6. The number of carbonyl (C=O) groups is 2. The Morgan fingerprint density at radius 2 is 1.94 bits per heavy atom. The highest BCUT2D eigenvalue weighted by Gasteiger charge is 2.19. The van der Waals surface area contributed by atoms with Gasteiger partial charge in [0.1, 0.15) is 17.7 Å². The third-order valence-corrected chi connectivity index (χ3v) is 5.13. The summed E-state index contributed by atoms with van der Waals surface area (Å²) in [7, 11) is 1.60. The molecule has 0 spiro atoms. The number of allylic oxidation sites excluding steroid dienone is 1. The number of ketones is 1. The second-order valence-electron chi connectivity index (χ2n) is 7.29. The number of hydrogen-bond donors (Lipinski definition) is 1. The number of ether oxygens (including phenoxy) is 2. The molecule has 0 radical (unpaired) electrons. The Labute approximate surface area is 191 Å². The fraction of sp³-hybridized carbons (Fsp3) is 0.154. The minimum absolute atomic E-state index is 0.0419. The molecule has 166 valence electrons. The van der Waals surface area contributed by atoms with Gasteiger partial charge in [0.25, 0.3) is 0 Å². The normalized spacial score (nSPS) is 11.1. The van der Waals surface area contributed by atoms with Crippen molar-refractivity contribution in [1.82, 2.24) is 15.0 Å². The predicted octanol–water partition coefficient (Wildman–Crippen LogP) is 4.64. The lowest BCUT2D eigenvalue weighted by Crippen LogP contribution is -2.04. The number of nitrogens with one attached hydrogen (secondary N) is 1. The second kappa shape index (κ2) is 9.91. The van der Waals surface area contributed by atoms with Crippen molar-refractivity contribution in [2.45, 2.75) is 13.3 Å². The summed E-state index contributed by atoms with van der Waals surface area (Å²) in [6.07, 6.45) is 6.56. The number of nitrogens with zero attached hydrogens (tertiary/aromatic N) is 2. The molecule has 0 aliphatic heterocycles. The SMILES string of the molecule is CCOC(=O)c1c[nH]c2ncnc(-c3cccc(CC(=O)/C=C\c4ccccc4OC)c3)c12. The lowest BCUT2D eigenvalue weighted by Gasteiger charge is -2.07.